The SMILES string of the molecule is CCC(C)SC(c1ccc(Cl)s1)C(C)N. The zero-order valence-electron chi connectivity index (χ0n) is 9.37. The first-order valence-corrected chi connectivity index (χ1v) is 7.34. The molecule has 0 aliphatic rings. The van der Waals surface area contributed by atoms with Gasteiger partial charge in [0.15, 0.2) is 0 Å². The van der Waals surface area contributed by atoms with Gasteiger partial charge in [0.25, 0.3) is 0 Å². The molecule has 3 atom stereocenters. The highest BCUT2D eigenvalue weighted by Gasteiger charge is 2.20. The van der Waals surface area contributed by atoms with Crippen molar-refractivity contribution >= 4 is 34.7 Å². The molecule has 1 aromatic heterocycles. The Kier molecular flexibility index (Phi) is 5.47. The van der Waals surface area contributed by atoms with E-state index in [0.717, 1.165) is 4.34 Å². The number of hydrogen-bond acceptors (Lipinski definition) is 3. The normalized spacial score (nSPS) is 17.4. The van der Waals surface area contributed by atoms with E-state index in [1.165, 1.54) is 11.3 Å². The number of thiophene rings is 1. The van der Waals surface area contributed by atoms with Crippen molar-refractivity contribution in [2.24, 2.45) is 5.73 Å². The minimum atomic E-state index is 0.165. The Labute approximate surface area is 105 Å². The topological polar surface area (TPSA) is 26.0 Å². The molecule has 1 aromatic rings. The molecule has 1 rings (SSSR count). The smallest absolute Gasteiger partial charge is 0.0931 e. The molecule has 3 unspecified atom stereocenters. The average Bonchev–Trinajstić information content (AvgIpc) is 2.60. The van der Waals surface area contributed by atoms with Gasteiger partial charge in [-0.1, -0.05) is 25.4 Å². The van der Waals surface area contributed by atoms with Gasteiger partial charge in [-0.3, -0.25) is 0 Å². The third-order valence-electron chi connectivity index (χ3n) is 2.31. The van der Waals surface area contributed by atoms with Crippen molar-refractivity contribution in [1.29, 1.82) is 0 Å². The number of rotatable bonds is 5. The van der Waals surface area contributed by atoms with Crippen LogP contribution < -0.4 is 5.73 Å². The van der Waals surface area contributed by atoms with E-state index in [-0.39, 0.29) is 6.04 Å². The van der Waals surface area contributed by atoms with Crippen LogP contribution in [0.4, 0.5) is 0 Å². The summed E-state index contributed by atoms with van der Waals surface area (Å²) in [7, 11) is 0. The fourth-order valence-corrected chi connectivity index (χ4v) is 3.90. The van der Waals surface area contributed by atoms with Gasteiger partial charge in [-0.15, -0.1) is 23.1 Å². The summed E-state index contributed by atoms with van der Waals surface area (Å²) < 4.78 is 0.848. The standard InChI is InChI=1S/C11H18ClNS2/c1-4-7(2)14-11(8(3)13)9-5-6-10(12)15-9/h5-8,11H,4,13H2,1-3H3. The highest BCUT2D eigenvalue weighted by atomic mass is 35.5. The van der Waals surface area contributed by atoms with Crippen LogP contribution in [0.5, 0.6) is 0 Å². The monoisotopic (exact) mass is 263 g/mol. The van der Waals surface area contributed by atoms with Gasteiger partial charge in [0.2, 0.25) is 0 Å². The van der Waals surface area contributed by atoms with Crippen molar-refractivity contribution < 1.29 is 0 Å². The lowest BCUT2D eigenvalue weighted by atomic mass is 10.2. The third kappa shape index (κ3) is 3.99. The largest absolute Gasteiger partial charge is 0.327 e. The maximum absolute atomic E-state index is 6.02. The third-order valence-corrected chi connectivity index (χ3v) is 5.54. The van der Waals surface area contributed by atoms with Gasteiger partial charge in [-0.25, -0.2) is 0 Å². The van der Waals surface area contributed by atoms with Crippen molar-refractivity contribution in [3.63, 3.8) is 0 Å². The van der Waals surface area contributed by atoms with Crippen molar-refractivity contribution in [2.75, 3.05) is 0 Å². The predicted octanol–water partition coefficient (Wildman–Crippen LogP) is 4.32. The van der Waals surface area contributed by atoms with E-state index < -0.39 is 0 Å². The zero-order valence-corrected chi connectivity index (χ0v) is 11.8. The Morgan fingerprint density at radius 2 is 2.13 bits per heavy atom. The van der Waals surface area contributed by atoms with Crippen LogP contribution in [0.2, 0.25) is 4.34 Å². The molecule has 0 radical (unpaired) electrons. The van der Waals surface area contributed by atoms with Crippen LogP contribution in [0.25, 0.3) is 0 Å². The summed E-state index contributed by atoms with van der Waals surface area (Å²) in [5, 5.41) is 1.01. The van der Waals surface area contributed by atoms with Gasteiger partial charge < -0.3 is 5.73 Å². The van der Waals surface area contributed by atoms with Crippen molar-refractivity contribution in [3.05, 3.63) is 21.3 Å². The van der Waals surface area contributed by atoms with Gasteiger partial charge in [0, 0.05) is 16.2 Å². The second kappa shape index (κ2) is 6.14. The zero-order chi connectivity index (χ0) is 11.4. The molecular weight excluding hydrogens is 246 g/mol. The van der Waals surface area contributed by atoms with E-state index in [0.29, 0.717) is 10.5 Å². The molecule has 0 aliphatic heterocycles. The van der Waals surface area contributed by atoms with E-state index in [9.17, 15) is 0 Å². The molecule has 86 valence electrons. The Bertz CT molecular complexity index is 299. The Morgan fingerprint density at radius 1 is 1.47 bits per heavy atom. The molecule has 0 saturated carbocycles. The molecule has 0 spiro atoms. The van der Waals surface area contributed by atoms with E-state index >= 15 is 0 Å². The number of nitrogens with two attached hydrogens (primary N) is 1. The number of hydrogen-bond donors (Lipinski definition) is 1. The Hall–Kier alpha value is 0.300. The first kappa shape index (κ1) is 13.4. The molecule has 15 heavy (non-hydrogen) atoms. The molecule has 1 nitrogen and oxygen atoms in total. The first-order chi connectivity index (χ1) is 7.04. The molecule has 0 aromatic carbocycles. The quantitative estimate of drug-likeness (QED) is 0.856. The van der Waals surface area contributed by atoms with Gasteiger partial charge in [-0.05, 0) is 25.5 Å². The fourth-order valence-electron chi connectivity index (χ4n) is 1.28. The molecular formula is C11H18ClNS2. The Morgan fingerprint density at radius 3 is 2.53 bits per heavy atom. The predicted molar refractivity (Wildman–Crippen MR) is 73.1 cm³/mol. The van der Waals surface area contributed by atoms with Gasteiger partial charge >= 0.3 is 0 Å². The van der Waals surface area contributed by atoms with Crippen molar-refractivity contribution in [1.82, 2.24) is 0 Å². The second-order valence-corrected chi connectivity index (χ2v) is 7.11. The lowest BCUT2D eigenvalue weighted by molar-refractivity contribution is 0.723. The Balaban J connectivity index is 2.74. The fraction of sp³-hybridized carbons (Fsp3) is 0.636. The van der Waals surface area contributed by atoms with Crippen molar-refractivity contribution in [3.8, 4) is 0 Å². The summed E-state index contributed by atoms with van der Waals surface area (Å²) in [4.78, 5) is 1.29. The maximum Gasteiger partial charge on any atom is 0.0931 e. The van der Waals surface area contributed by atoms with E-state index in [1.807, 2.05) is 17.8 Å². The lowest BCUT2D eigenvalue weighted by Crippen LogP contribution is -2.23. The highest BCUT2D eigenvalue weighted by Crippen LogP contribution is 2.39. The average molecular weight is 264 g/mol. The summed E-state index contributed by atoms with van der Waals surface area (Å²) in [5.41, 5.74) is 6.02. The molecule has 2 N–H and O–H groups in total. The minimum Gasteiger partial charge on any atom is -0.327 e. The summed E-state index contributed by atoms with van der Waals surface area (Å²) in [6.07, 6.45) is 1.17. The van der Waals surface area contributed by atoms with Crippen LogP contribution in [-0.4, -0.2) is 11.3 Å². The molecule has 0 aliphatic carbocycles. The van der Waals surface area contributed by atoms with E-state index in [2.05, 4.69) is 26.8 Å². The van der Waals surface area contributed by atoms with Crippen LogP contribution in [0.15, 0.2) is 12.1 Å². The summed E-state index contributed by atoms with van der Waals surface area (Å²) in [6.45, 7) is 6.51. The molecule has 4 heteroatoms. The van der Waals surface area contributed by atoms with E-state index in [4.69, 9.17) is 17.3 Å². The van der Waals surface area contributed by atoms with Crippen LogP contribution >= 0.6 is 34.7 Å². The molecule has 0 saturated heterocycles. The van der Waals surface area contributed by atoms with Crippen LogP contribution in [0, 0.1) is 0 Å². The summed E-state index contributed by atoms with van der Waals surface area (Å²) in [6, 6.07) is 4.21. The first-order valence-electron chi connectivity index (χ1n) is 5.20. The van der Waals surface area contributed by atoms with Gasteiger partial charge in [-0.2, -0.15) is 0 Å². The second-order valence-electron chi connectivity index (χ2n) is 3.78. The van der Waals surface area contributed by atoms with Crippen LogP contribution in [0.3, 0.4) is 0 Å². The van der Waals surface area contributed by atoms with Crippen molar-refractivity contribution in [2.45, 2.75) is 43.7 Å². The van der Waals surface area contributed by atoms with Crippen LogP contribution in [0.1, 0.15) is 37.3 Å². The number of halogens is 1. The summed E-state index contributed by atoms with van der Waals surface area (Å²) >= 11 is 9.54. The molecule has 0 bridgehead atoms. The molecule has 1 heterocycles. The van der Waals surface area contributed by atoms with Crippen LogP contribution in [-0.2, 0) is 0 Å². The minimum absolute atomic E-state index is 0.165. The lowest BCUT2D eigenvalue weighted by Gasteiger charge is -2.22. The molecule has 0 fully saturated rings. The van der Waals surface area contributed by atoms with E-state index in [1.54, 1.807) is 11.3 Å². The summed E-state index contributed by atoms with van der Waals surface area (Å²) in [5.74, 6) is 0. The maximum atomic E-state index is 6.02. The number of thioether (sulfide) groups is 1. The molecule has 0 amide bonds. The van der Waals surface area contributed by atoms with Gasteiger partial charge in [0.1, 0.15) is 0 Å². The van der Waals surface area contributed by atoms with Gasteiger partial charge in [0.05, 0.1) is 9.59 Å². The highest BCUT2D eigenvalue weighted by molar-refractivity contribution is 8.00.